The van der Waals surface area contributed by atoms with Gasteiger partial charge in [0.05, 0.1) is 5.69 Å². The molecule has 0 fully saturated rings. The van der Waals surface area contributed by atoms with E-state index in [2.05, 4.69) is 5.32 Å². The second-order valence-electron chi connectivity index (χ2n) is 2.99. The number of carbonyl (C=O) groups is 2. The highest BCUT2D eigenvalue weighted by molar-refractivity contribution is 5.93. The number of carbonyl (C=O) groups excluding carboxylic acids is 2. The van der Waals surface area contributed by atoms with Crippen molar-refractivity contribution >= 4 is 17.5 Å². The molecule has 0 atom stereocenters. The van der Waals surface area contributed by atoms with Crippen molar-refractivity contribution in [3.63, 3.8) is 0 Å². The number of rotatable bonds is 4. The molecule has 1 aromatic rings. The molecule has 1 aromatic carbocycles. The molecule has 2 amide bonds. The fourth-order valence-corrected chi connectivity index (χ4v) is 1.01. The lowest BCUT2D eigenvalue weighted by molar-refractivity contribution is -0.122. The van der Waals surface area contributed by atoms with E-state index in [1.165, 1.54) is 18.2 Å². The van der Waals surface area contributed by atoms with Crippen molar-refractivity contribution in [2.24, 2.45) is 5.73 Å². The summed E-state index contributed by atoms with van der Waals surface area (Å²) >= 11 is 0. The number of anilines is 1. The Morgan fingerprint density at radius 2 is 1.93 bits per heavy atom. The van der Waals surface area contributed by atoms with Gasteiger partial charge in [-0.25, -0.2) is 4.39 Å². The molecule has 0 bridgehead atoms. The summed E-state index contributed by atoms with van der Waals surface area (Å²) in [4.78, 5) is 21.6. The zero-order valence-corrected chi connectivity index (χ0v) is 8.00. The van der Waals surface area contributed by atoms with E-state index in [1.54, 1.807) is 6.07 Å². The van der Waals surface area contributed by atoms with Crippen LogP contribution in [0.25, 0.3) is 0 Å². The summed E-state index contributed by atoms with van der Waals surface area (Å²) in [7, 11) is 0. The Balaban J connectivity index is 2.52. The molecule has 0 aromatic heterocycles. The van der Waals surface area contributed by atoms with Crippen LogP contribution in [0.2, 0.25) is 0 Å². The van der Waals surface area contributed by atoms with Gasteiger partial charge in [-0.3, -0.25) is 9.59 Å². The summed E-state index contributed by atoms with van der Waals surface area (Å²) in [6.07, 6.45) is -0.0794. The first-order chi connectivity index (χ1) is 7.09. The van der Waals surface area contributed by atoms with Gasteiger partial charge in [-0.1, -0.05) is 12.1 Å². The Morgan fingerprint density at radius 1 is 1.27 bits per heavy atom. The van der Waals surface area contributed by atoms with Crippen LogP contribution in [0.3, 0.4) is 0 Å². The van der Waals surface area contributed by atoms with Gasteiger partial charge in [-0.15, -0.1) is 0 Å². The lowest BCUT2D eigenvalue weighted by atomic mass is 10.2. The van der Waals surface area contributed by atoms with Crippen molar-refractivity contribution in [3.8, 4) is 0 Å². The van der Waals surface area contributed by atoms with E-state index in [0.717, 1.165) is 0 Å². The molecule has 0 heterocycles. The highest BCUT2D eigenvalue weighted by Crippen LogP contribution is 2.12. The van der Waals surface area contributed by atoms with Gasteiger partial charge in [0, 0.05) is 12.8 Å². The molecule has 0 radical (unpaired) electrons. The van der Waals surface area contributed by atoms with Gasteiger partial charge in [0.15, 0.2) is 0 Å². The van der Waals surface area contributed by atoms with Gasteiger partial charge in [0.1, 0.15) is 5.82 Å². The zero-order chi connectivity index (χ0) is 11.3. The van der Waals surface area contributed by atoms with E-state index in [9.17, 15) is 14.0 Å². The summed E-state index contributed by atoms with van der Waals surface area (Å²) in [6, 6.07) is 5.81. The topological polar surface area (TPSA) is 72.2 Å². The number of nitrogens with one attached hydrogen (secondary N) is 1. The molecule has 1 rings (SSSR count). The number of hydrogen-bond acceptors (Lipinski definition) is 2. The Morgan fingerprint density at radius 3 is 2.53 bits per heavy atom. The van der Waals surface area contributed by atoms with Gasteiger partial charge in [0.25, 0.3) is 0 Å². The lowest BCUT2D eigenvalue weighted by Crippen LogP contribution is -2.17. The third kappa shape index (κ3) is 3.76. The van der Waals surface area contributed by atoms with Crippen molar-refractivity contribution in [2.45, 2.75) is 12.8 Å². The van der Waals surface area contributed by atoms with Gasteiger partial charge in [-0.05, 0) is 12.1 Å². The van der Waals surface area contributed by atoms with Crippen LogP contribution in [0, 0.1) is 5.82 Å². The molecule has 0 aliphatic rings. The molecule has 0 saturated heterocycles. The first kappa shape index (κ1) is 11.2. The van der Waals surface area contributed by atoms with Crippen LogP contribution in [-0.4, -0.2) is 11.8 Å². The van der Waals surface area contributed by atoms with Crippen LogP contribution in [-0.2, 0) is 9.59 Å². The minimum Gasteiger partial charge on any atom is -0.370 e. The molecule has 0 aliphatic heterocycles. The summed E-state index contributed by atoms with van der Waals surface area (Å²) in [5.74, 6) is -1.50. The standard InChI is InChI=1S/C10H11FN2O2/c11-7-3-1-2-4-8(7)13-10(15)6-5-9(12)14/h1-4H,5-6H2,(H2,12,14)(H,13,15). The van der Waals surface area contributed by atoms with Gasteiger partial charge in [-0.2, -0.15) is 0 Å². The Labute approximate surface area is 86.3 Å². The zero-order valence-electron chi connectivity index (χ0n) is 8.00. The fraction of sp³-hybridized carbons (Fsp3) is 0.200. The van der Waals surface area contributed by atoms with Crippen LogP contribution in [0.5, 0.6) is 0 Å². The predicted molar refractivity (Wildman–Crippen MR) is 53.5 cm³/mol. The number of primary amides is 1. The largest absolute Gasteiger partial charge is 0.370 e. The van der Waals surface area contributed by atoms with Crippen LogP contribution in [0.1, 0.15) is 12.8 Å². The Hall–Kier alpha value is -1.91. The first-order valence-electron chi connectivity index (χ1n) is 4.42. The number of nitrogens with two attached hydrogens (primary N) is 1. The van der Waals surface area contributed by atoms with Crippen LogP contribution in [0.15, 0.2) is 24.3 Å². The van der Waals surface area contributed by atoms with E-state index in [-0.39, 0.29) is 18.5 Å². The van der Waals surface area contributed by atoms with Crippen molar-refractivity contribution < 1.29 is 14.0 Å². The minimum atomic E-state index is -0.557. The molecule has 5 heteroatoms. The molecular formula is C10H11FN2O2. The third-order valence-corrected chi connectivity index (χ3v) is 1.75. The summed E-state index contributed by atoms with van der Waals surface area (Å²) in [6.45, 7) is 0. The molecule has 0 unspecified atom stereocenters. The highest BCUT2D eigenvalue weighted by Gasteiger charge is 2.07. The number of benzene rings is 1. The van der Waals surface area contributed by atoms with Gasteiger partial charge < -0.3 is 11.1 Å². The van der Waals surface area contributed by atoms with Crippen molar-refractivity contribution in [2.75, 3.05) is 5.32 Å². The quantitative estimate of drug-likeness (QED) is 0.779. The highest BCUT2D eigenvalue weighted by atomic mass is 19.1. The van der Waals surface area contributed by atoms with Crippen molar-refractivity contribution in [1.29, 1.82) is 0 Å². The van der Waals surface area contributed by atoms with Crippen LogP contribution in [0.4, 0.5) is 10.1 Å². The van der Waals surface area contributed by atoms with E-state index < -0.39 is 17.6 Å². The predicted octanol–water partition coefficient (Wildman–Crippen LogP) is 1.03. The average Bonchev–Trinajstić information content (AvgIpc) is 2.18. The fourth-order valence-electron chi connectivity index (χ4n) is 1.01. The Kier molecular flexibility index (Phi) is 3.79. The van der Waals surface area contributed by atoms with Crippen LogP contribution < -0.4 is 11.1 Å². The van der Waals surface area contributed by atoms with Gasteiger partial charge in [0.2, 0.25) is 11.8 Å². The molecule has 0 saturated carbocycles. The monoisotopic (exact) mass is 210 g/mol. The SMILES string of the molecule is NC(=O)CCC(=O)Nc1ccccc1F. The minimum absolute atomic E-state index is 0.0380. The normalized spacial score (nSPS) is 9.67. The molecule has 80 valence electrons. The molecule has 0 spiro atoms. The van der Waals surface area contributed by atoms with Crippen molar-refractivity contribution in [3.05, 3.63) is 30.1 Å². The summed E-state index contributed by atoms with van der Waals surface area (Å²) in [5, 5.41) is 2.34. The van der Waals surface area contributed by atoms with E-state index in [4.69, 9.17) is 5.73 Å². The second-order valence-corrected chi connectivity index (χ2v) is 2.99. The number of para-hydroxylation sites is 1. The number of halogens is 1. The maximum Gasteiger partial charge on any atom is 0.224 e. The van der Waals surface area contributed by atoms with E-state index in [1.807, 2.05) is 0 Å². The molecule has 15 heavy (non-hydrogen) atoms. The lowest BCUT2D eigenvalue weighted by Gasteiger charge is -2.04. The Bertz CT molecular complexity index is 379. The van der Waals surface area contributed by atoms with E-state index >= 15 is 0 Å². The summed E-state index contributed by atoms with van der Waals surface area (Å²) in [5.41, 5.74) is 4.97. The van der Waals surface area contributed by atoms with Crippen molar-refractivity contribution in [1.82, 2.24) is 0 Å². The number of amides is 2. The summed E-state index contributed by atoms with van der Waals surface area (Å²) < 4.78 is 13.0. The molecule has 0 aliphatic carbocycles. The molecular weight excluding hydrogens is 199 g/mol. The van der Waals surface area contributed by atoms with Gasteiger partial charge >= 0.3 is 0 Å². The van der Waals surface area contributed by atoms with Crippen LogP contribution >= 0.6 is 0 Å². The first-order valence-corrected chi connectivity index (χ1v) is 4.42. The molecule has 3 N–H and O–H groups in total. The maximum absolute atomic E-state index is 13.0. The molecule has 4 nitrogen and oxygen atoms in total. The maximum atomic E-state index is 13.0. The third-order valence-electron chi connectivity index (χ3n) is 1.75. The van der Waals surface area contributed by atoms with E-state index in [0.29, 0.717) is 0 Å². The second kappa shape index (κ2) is 5.09. The smallest absolute Gasteiger partial charge is 0.224 e. The number of hydrogen-bond donors (Lipinski definition) is 2. The average molecular weight is 210 g/mol.